The summed E-state index contributed by atoms with van der Waals surface area (Å²) in [5, 5.41) is 8.81. The zero-order chi connectivity index (χ0) is 29.4. The zero-order valence-corrected chi connectivity index (χ0v) is 28.3. The highest BCUT2D eigenvalue weighted by molar-refractivity contribution is 5.10. The van der Waals surface area contributed by atoms with Gasteiger partial charge in [-0.1, -0.05) is 79.9 Å². The van der Waals surface area contributed by atoms with Crippen LogP contribution >= 0.6 is 0 Å². The third-order valence-corrected chi connectivity index (χ3v) is 13.2. The maximum absolute atomic E-state index is 6.53. The Balaban J connectivity index is 1.13. The summed E-state index contributed by atoms with van der Waals surface area (Å²) in [6.07, 6.45) is 21.9. The zero-order valence-electron chi connectivity index (χ0n) is 28.3. The lowest BCUT2D eigenvalue weighted by atomic mass is 9.44. The molecule has 1 heterocycles. The number of ether oxygens (including phenoxy) is 1. The second-order valence-corrected chi connectivity index (χ2v) is 17.5. The molecular weight excluding hydrogens is 502 g/mol. The average Bonchev–Trinajstić information content (AvgIpc) is 3.50. The third-order valence-electron chi connectivity index (χ3n) is 13.2. The summed E-state index contributed by atoms with van der Waals surface area (Å²) >= 11 is 0. The molecule has 0 saturated heterocycles. The molecule has 41 heavy (non-hydrogen) atoms. The van der Waals surface area contributed by atoms with E-state index in [1.807, 2.05) is 4.68 Å². The van der Waals surface area contributed by atoms with Crippen LogP contribution in [0.25, 0.3) is 0 Å². The van der Waals surface area contributed by atoms with E-state index in [2.05, 4.69) is 71.9 Å². The Labute approximate surface area is 253 Å². The highest BCUT2D eigenvalue weighted by Gasteiger charge is 2.60. The van der Waals surface area contributed by atoms with Crippen LogP contribution < -0.4 is 0 Å². The van der Waals surface area contributed by atoms with Crippen LogP contribution in [-0.4, -0.2) is 21.1 Å². The molecule has 0 aromatic carbocycles. The number of hydrogen-bond donors (Lipinski definition) is 0. The first-order chi connectivity index (χ1) is 19.4. The molecule has 0 radical (unpaired) electrons. The molecule has 4 aliphatic carbocycles. The minimum absolute atomic E-state index is 0.378. The maximum Gasteiger partial charge on any atom is 0.108 e. The molecule has 0 spiro atoms. The van der Waals surface area contributed by atoms with Crippen LogP contribution in [0.5, 0.6) is 0 Å². The number of aromatic nitrogens is 3. The molecule has 1 aromatic heterocycles. The summed E-state index contributed by atoms with van der Waals surface area (Å²) in [6.45, 7) is 21.3. The van der Waals surface area contributed by atoms with Gasteiger partial charge in [0.2, 0.25) is 0 Å². The smallest absolute Gasteiger partial charge is 0.108 e. The van der Waals surface area contributed by atoms with Crippen LogP contribution in [0.3, 0.4) is 0 Å². The highest BCUT2D eigenvalue weighted by Crippen LogP contribution is 2.68. The van der Waals surface area contributed by atoms with Gasteiger partial charge in [0.1, 0.15) is 5.69 Å². The van der Waals surface area contributed by atoms with E-state index < -0.39 is 0 Å². The molecule has 5 unspecified atom stereocenters. The molecule has 4 heteroatoms. The van der Waals surface area contributed by atoms with Gasteiger partial charge in [-0.3, -0.25) is 4.68 Å². The number of nitrogens with zero attached hydrogens (tertiary/aromatic N) is 3. The molecule has 9 atom stereocenters. The summed E-state index contributed by atoms with van der Waals surface area (Å²) in [5.74, 6) is 6.47. The molecule has 0 N–H and O–H groups in total. The summed E-state index contributed by atoms with van der Waals surface area (Å²) in [6, 6.07) is 0. The number of aryl methyl sites for hydroxylation is 1. The van der Waals surface area contributed by atoms with E-state index in [0.717, 1.165) is 60.1 Å². The van der Waals surface area contributed by atoms with Crippen molar-refractivity contribution in [3.05, 3.63) is 11.9 Å². The van der Waals surface area contributed by atoms with Gasteiger partial charge in [-0.25, -0.2) is 0 Å². The SMILES string of the molecule is CC(C)CCC[C@@H](C)C1CCC2C3CCC4C[C@@H](OCc5cn(CCCC(C)(C)C)nn5)CC[C@]4(C)C3CC[C@@]21C. The van der Waals surface area contributed by atoms with Crippen molar-refractivity contribution in [1.29, 1.82) is 0 Å². The van der Waals surface area contributed by atoms with Gasteiger partial charge in [0.15, 0.2) is 0 Å². The van der Waals surface area contributed by atoms with Gasteiger partial charge >= 0.3 is 0 Å². The fourth-order valence-corrected chi connectivity index (χ4v) is 10.9. The first-order valence-corrected chi connectivity index (χ1v) is 17.9. The van der Waals surface area contributed by atoms with Crippen molar-refractivity contribution in [3.63, 3.8) is 0 Å². The Morgan fingerprint density at radius 2 is 1.68 bits per heavy atom. The van der Waals surface area contributed by atoms with Gasteiger partial charge in [-0.2, -0.15) is 0 Å². The van der Waals surface area contributed by atoms with Gasteiger partial charge in [0.25, 0.3) is 0 Å². The summed E-state index contributed by atoms with van der Waals surface area (Å²) in [5.41, 5.74) is 2.51. The Kier molecular flexibility index (Phi) is 9.69. The van der Waals surface area contributed by atoms with Crippen LogP contribution in [0, 0.1) is 57.7 Å². The molecule has 0 bridgehead atoms. The van der Waals surface area contributed by atoms with Crippen LogP contribution in [-0.2, 0) is 17.9 Å². The van der Waals surface area contributed by atoms with Crippen molar-refractivity contribution < 1.29 is 4.74 Å². The molecule has 0 amide bonds. The third kappa shape index (κ3) is 6.93. The number of fused-ring (bicyclic) bond motifs is 5. The van der Waals surface area contributed by atoms with E-state index in [-0.39, 0.29) is 0 Å². The van der Waals surface area contributed by atoms with Crippen molar-refractivity contribution in [2.24, 2.45) is 57.7 Å². The quantitative estimate of drug-likeness (QED) is 0.267. The van der Waals surface area contributed by atoms with Crippen molar-refractivity contribution >= 4 is 0 Å². The highest BCUT2D eigenvalue weighted by atomic mass is 16.5. The second-order valence-electron chi connectivity index (χ2n) is 17.5. The summed E-state index contributed by atoms with van der Waals surface area (Å²) in [7, 11) is 0. The van der Waals surface area contributed by atoms with Gasteiger partial charge in [0, 0.05) is 6.54 Å². The Morgan fingerprint density at radius 1 is 0.927 bits per heavy atom. The van der Waals surface area contributed by atoms with Crippen LogP contribution in [0.2, 0.25) is 0 Å². The molecule has 4 nitrogen and oxygen atoms in total. The Bertz CT molecular complexity index is 979. The van der Waals surface area contributed by atoms with E-state index in [1.165, 1.54) is 83.5 Å². The molecule has 4 saturated carbocycles. The molecule has 4 fully saturated rings. The maximum atomic E-state index is 6.53. The molecule has 1 aromatic rings. The lowest BCUT2D eigenvalue weighted by molar-refractivity contribution is -0.138. The predicted molar refractivity (Wildman–Crippen MR) is 170 cm³/mol. The number of hydrogen-bond acceptors (Lipinski definition) is 3. The molecular formula is C37H65N3O. The summed E-state index contributed by atoms with van der Waals surface area (Å²) in [4.78, 5) is 0. The largest absolute Gasteiger partial charge is 0.372 e. The molecule has 5 rings (SSSR count). The van der Waals surface area contributed by atoms with Crippen molar-refractivity contribution in [2.75, 3.05) is 0 Å². The predicted octanol–water partition coefficient (Wildman–Crippen LogP) is 10.1. The lowest BCUT2D eigenvalue weighted by Crippen LogP contribution is -2.54. The Hall–Kier alpha value is -0.900. The number of rotatable bonds is 11. The molecule has 4 aliphatic rings. The first-order valence-electron chi connectivity index (χ1n) is 17.9. The minimum Gasteiger partial charge on any atom is -0.372 e. The fraction of sp³-hybridized carbons (Fsp3) is 0.946. The van der Waals surface area contributed by atoms with Crippen LogP contribution in [0.1, 0.15) is 151 Å². The Morgan fingerprint density at radius 3 is 2.44 bits per heavy atom. The van der Waals surface area contributed by atoms with Gasteiger partial charge in [0.05, 0.1) is 18.9 Å². The van der Waals surface area contributed by atoms with Gasteiger partial charge < -0.3 is 4.74 Å². The van der Waals surface area contributed by atoms with Gasteiger partial charge in [-0.15, -0.1) is 5.10 Å². The average molecular weight is 568 g/mol. The van der Waals surface area contributed by atoms with Crippen molar-refractivity contribution in [2.45, 2.75) is 165 Å². The second kappa shape index (κ2) is 12.6. The monoisotopic (exact) mass is 568 g/mol. The topological polar surface area (TPSA) is 39.9 Å². The van der Waals surface area contributed by atoms with E-state index in [9.17, 15) is 0 Å². The van der Waals surface area contributed by atoms with Crippen molar-refractivity contribution in [3.8, 4) is 0 Å². The lowest BCUT2D eigenvalue weighted by Gasteiger charge is -2.61. The first kappa shape index (κ1) is 31.5. The van der Waals surface area contributed by atoms with E-state index >= 15 is 0 Å². The van der Waals surface area contributed by atoms with Gasteiger partial charge in [-0.05, 0) is 128 Å². The van der Waals surface area contributed by atoms with E-state index in [0.29, 0.717) is 29.0 Å². The van der Waals surface area contributed by atoms with E-state index in [1.54, 1.807) is 0 Å². The normalized spacial score (nSPS) is 38.0. The van der Waals surface area contributed by atoms with E-state index in [4.69, 9.17) is 4.74 Å². The molecule has 234 valence electrons. The van der Waals surface area contributed by atoms with Crippen LogP contribution in [0.15, 0.2) is 6.20 Å². The van der Waals surface area contributed by atoms with Crippen LogP contribution in [0.4, 0.5) is 0 Å². The fourth-order valence-electron chi connectivity index (χ4n) is 10.9. The minimum atomic E-state index is 0.378. The standard InChI is InChI=1S/C37H65N3O/c1-26(2)11-9-12-27(3)32-15-16-33-31-14-13-28-23-30(17-20-36(28,7)34(31)18-21-37(32,33)8)41-25-29-24-40(39-38-29)22-10-19-35(4,5)6/h24,26-28,30-34H,9-23,25H2,1-8H3/t27-,28?,30+,31?,32?,33?,34?,36+,37-/m1/s1. The molecule has 0 aliphatic heterocycles. The summed E-state index contributed by atoms with van der Waals surface area (Å²) < 4.78 is 8.54. The van der Waals surface area contributed by atoms with Crippen molar-refractivity contribution in [1.82, 2.24) is 15.0 Å².